The first kappa shape index (κ1) is 16.0. The molecule has 2 aromatic rings. The van der Waals surface area contributed by atoms with E-state index in [0.717, 1.165) is 13.0 Å². The van der Waals surface area contributed by atoms with Crippen molar-refractivity contribution in [1.82, 2.24) is 4.98 Å². The molecule has 0 unspecified atom stereocenters. The Kier molecular flexibility index (Phi) is 5.34. The number of nitrogen functional groups attached to an aromatic ring is 1. The van der Waals surface area contributed by atoms with Crippen molar-refractivity contribution in [3.8, 4) is 0 Å². The Morgan fingerprint density at radius 2 is 2.29 bits per heavy atom. The lowest BCUT2D eigenvalue weighted by atomic mass is 10.3. The van der Waals surface area contributed by atoms with E-state index in [2.05, 4.69) is 15.6 Å². The lowest BCUT2D eigenvalue weighted by Crippen LogP contribution is -2.13. The first-order valence-electron chi connectivity index (χ1n) is 6.27. The molecular formula is C13H14FIN4OS. The zero-order chi connectivity index (χ0) is 15.4. The molecule has 0 atom stereocenters. The monoisotopic (exact) mass is 420 g/mol. The zero-order valence-electron chi connectivity index (χ0n) is 11.2. The summed E-state index contributed by atoms with van der Waals surface area (Å²) in [5, 5.41) is 6.42. The number of carbonyl (C=O) groups is 1. The van der Waals surface area contributed by atoms with Crippen LogP contribution in [-0.2, 0) is 0 Å². The van der Waals surface area contributed by atoms with Gasteiger partial charge in [0, 0.05) is 10.1 Å². The molecule has 0 spiro atoms. The summed E-state index contributed by atoms with van der Waals surface area (Å²) in [4.78, 5) is 16.7. The van der Waals surface area contributed by atoms with E-state index in [0.29, 0.717) is 19.3 Å². The highest BCUT2D eigenvalue weighted by Gasteiger charge is 2.17. The average Bonchev–Trinajstić information content (AvgIpc) is 2.81. The molecule has 5 nitrogen and oxygen atoms in total. The molecule has 21 heavy (non-hydrogen) atoms. The molecule has 0 aliphatic rings. The molecule has 0 fully saturated rings. The van der Waals surface area contributed by atoms with Crippen LogP contribution in [0.2, 0.25) is 0 Å². The van der Waals surface area contributed by atoms with Crippen LogP contribution in [0.5, 0.6) is 0 Å². The van der Waals surface area contributed by atoms with Gasteiger partial charge >= 0.3 is 0 Å². The Hall–Kier alpha value is -1.42. The molecule has 8 heteroatoms. The van der Waals surface area contributed by atoms with Gasteiger partial charge in [-0.1, -0.05) is 18.3 Å². The summed E-state index contributed by atoms with van der Waals surface area (Å²) in [5.74, 6) is -0.506. The minimum atomic E-state index is -0.348. The highest BCUT2D eigenvalue weighted by atomic mass is 127. The summed E-state index contributed by atoms with van der Waals surface area (Å²) in [6.45, 7) is 2.80. The summed E-state index contributed by atoms with van der Waals surface area (Å²) in [7, 11) is 0. The number of thiazole rings is 1. The molecule has 112 valence electrons. The van der Waals surface area contributed by atoms with E-state index in [-0.39, 0.29) is 17.5 Å². The van der Waals surface area contributed by atoms with Gasteiger partial charge in [-0.25, -0.2) is 9.37 Å². The van der Waals surface area contributed by atoms with E-state index in [1.807, 2.05) is 29.5 Å². The molecule has 0 aliphatic carbocycles. The third-order valence-electron chi connectivity index (χ3n) is 2.57. The van der Waals surface area contributed by atoms with Crippen molar-refractivity contribution in [3.63, 3.8) is 0 Å². The summed E-state index contributed by atoms with van der Waals surface area (Å²) < 4.78 is 13.7. The van der Waals surface area contributed by atoms with Crippen LogP contribution in [-0.4, -0.2) is 17.4 Å². The van der Waals surface area contributed by atoms with Crippen LogP contribution >= 0.6 is 33.9 Å². The number of carbonyl (C=O) groups excluding carboxylic acids is 1. The lowest BCUT2D eigenvalue weighted by molar-refractivity contribution is 0.103. The van der Waals surface area contributed by atoms with Crippen LogP contribution in [0.1, 0.15) is 23.0 Å². The molecular weight excluding hydrogens is 406 g/mol. The molecule has 2 rings (SSSR count). The summed E-state index contributed by atoms with van der Waals surface area (Å²) in [5.41, 5.74) is 6.31. The van der Waals surface area contributed by atoms with E-state index in [1.54, 1.807) is 0 Å². The van der Waals surface area contributed by atoms with Gasteiger partial charge in [0.15, 0.2) is 5.13 Å². The molecule has 1 aromatic heterocycles. The zero-order valence-corrected chi connectivity index (χ0v) is 14.2. The number of hydrogen-bond donors (Lipinski definition) is 3. The molecule has 0 aliphatic heterocycles. The van der Waals surface area contributed by atoms with Crippen molar-refractivity contribution in [1.29, 1.82) is 0 Å². The summed E-state index contributed by atoms with van der Waals surface area (Å²) in [6, 6.07) is 4.16. The second kappa shape index (κ2) is 7.03. The topological polar surface area (TPSA) is 80.0 Å². The predicted molar refractivity (Wildman–Crippen MR) is 92.4 cm³/mol. The molecule has 1 amide bonds. The van der Waals surface area contributed by atoms with Gasteiger partial charge in [0.05, 0.1) is 5.69 Å². The normalized spacial score (nSPS) is 10.4. The number of nitrogens with two attached hydrogens (primary N) is 1. The lowest BCUT2D eigenvalue weighted by Gasteiger charge is -2.06. The maximum Gasteiger partial charge on any atom is 0.269 e. The molecule has 0 bridgehead atoms. The maximum absolute atomic E-state index is 13.0. The van der Waals surface area contributed by atoms with Crippen molar-refractivity contribution in [2.75, 3.05) is 22.9 Å². The Bertz CT molecular complexity index is 662. The molecule has 4 N–H and O–H groups in total. The van der Waals surface area contributed by atoms with Crippen molar-refractivity contribution >= 4 is 56.5 Å². The molecule has 1 aromatic carbocycles. The smallest absolute Gasteiger partial charge is 0.269 e. The number of amides is 1. The van der Waals surface area contributed by atoms with Gasteiger partial charge in [0.2, 0.25) is 0 Å². The van der Waals surface area contributed by atoms with E-state index < -0.39 is 0 Å². The van der Waals surface area contributed by atoms with Crippen LogP contribution in [0.15, 0.2) is 18.2 Å². The third-order valence-corrected chi connectivity index (χ3v) is 4.49. The van der Waals surface area contributed by atoms with Crippen LogP contribution in [0.3, 0.4) is 0 Å². The fourth-order valence-corrected chi connectivity index (χ4v) is 2.99. The van der Waals surface area contributed by atoms with Gasteiger partial charge in [-0.05, 0) is 47.2 Å². The first-order valence-corrected chi connectivity index (χ1v) is 8.17. The summed E-state index contributed by atoms with van der Waals surface area (Å²) >= 11 is 3.16. The van der Waals surface area contributed by atoms with Gasteiger partial charge in [-0.3, -0.25) is 4.79 Å². The minimum absolute atomic E-state index is 0.188. The quantitative estimate of drug-likeness (QED) is 0.647. The molecule has 0 radical (unpaired) electrons. The molecule has 0 saturated heterocycles. The van der Waals surface area contributed by atoms with Crippen LogP contribution in [0.4, 0.5) is 21.0 Å². The van der Waals surface area contributed by atoms with Crippen LogP contribution < -0.4 is 16.4 Å². The van der Waals surface area contributed by atoms with Crippen LogP contribution in [0.25, 0.3) is 0 Å². The number of aromatic nitrogens is 1. The molecule has 1 heterocycles. The Morgan fingerprint density at radius 1 is 1.52 bits per heavy atom. The highest BCUT2D eigenvalue weighted by molar-refractivity contribution is 14.1. The van der Waals surface area contributed by atoms with Gasteiger partial charge in [-0.15, -0.1) is 0 Å². The fraction of sp³-hybridized carbons (Fsp3) is 0.231. The first-order chi connectivity index (χ1) is 10.0. The predicted octanol–water partition coefficient (Wildman–Crippen LogP) is 3.54. The second-order valence-corrected chi connectivity index (χ2v) is 6.40. The van der Waals surface area contributed by atoms with E-state index in [4.69, 9.17) is 5.73 Å². The standard InChI is InChI=1S/C13H14FIN4OS/c1-2-5-17-13-19-11(16)10(21-13)12(20)18-9-4-3-7(14)6-8(9)15/h3-4,6H,2,5,16H2,1H3,(H,17,19)(H,18,20). The highest BCUT2D eigenvalue weighted by Crippen LogP contribution is 2.27. The number of anilines is 3. The van der Waals surface area contributed by atoms with Crippen molar-refractivity contribution in [2.45, 2.75) is 13.3 Å². The number of rotatable bonds is 5. The number of hydrogen-bond acceptors (Lipinski definition) is 5. The third kappa shape index (κ3) is 4.03. The minimum Gasteiger partial charge on any atom is -0.382 e. The Morgan fingerprint density at radius 3 is 2.95 bits per heavy atom. The number of nitrogens with one attached hydrogen (secondary N) is 2. The maximum atomic E-state index is 13.0. The van der Waals surface area contributed by atoms with Crippen LogP contribution in [0, 0.1) is 9.39 Å². The Balaban J connectivity index is 2.14. The van der Waals surface area contributed by atoms with Crippen molar-refractivity contribution < 1.29 is 9.18 Å². The second-order valence-electron chi connectivity index (χ2n) is 4.24. The fourth-order valence-electron chi connectivity index (χ4n) is 1.57. The van der Waals surface area contributed by atoms with E-state index in [1.165, 1.54) is 29.5 Å². The van der Waals surface area contributed by atoms with Gasteiger partial charge in [-0.2, -0.15) is 0 Å². The largest absolute Gasteiger partial charge is 0.382 e. The van der Waals surface area contributed by atoms with Gasteiger partial charge < -0.3 is 16.4 Å². The Labute approximate surface area is 139 Å². The number of nitrogens with zero attached hydrogens (tertiary/aromatic N) is 1. The van der Waals surface area contributed by atoms with Gasteiger partial charge in [0.25, 0.3) is 5.91 Å². The number of benzene rings is 1. The average molecular weight is 420 g/mol. The van der Waals surface area contributed by atoms with E-state index in [9.17, 15) is 9.18 Å². The van der Waals surface area contributed by atoms with Gasteiger partial charge in [0.1, 0.15) is 16.5 Å². The number of halogens is 2. The van der Waals surface area contributed by atoms with E-state index >= 15 is 0 Å². The SMILES string of the molecule is CCCNc1nc(N)c(C(=O)Nc2ccc(F)cc2I)s1. The van der Waals surface area contributed by atoms with Crippen molar-refractivity contribution in [2.24, 2.45) is 0 Å². The van der Waals surface area contributed by atoms with Crippen molar-refractivity contribution in [3.05, 3.63) is 32.5 Å². The summed E-state index contributed by atoms with van der Waals surface area (Å²) in [6.07, 6.45) is 0.953. The molecule has 0 saturated carbocycles.